The van der Waals surface area contributed by atoms with Crippen LogP contribution in [0.25, 0.3) is 0 Å². The van der Waals surface area contributed by atoms with Crippen molar-refractivity contribution in [3.63, 3.8) is 0 Å². The monoisotopic (exact) mass is 283 g/mol. The second kappa shape index (κ2) is 5.87. The molecular weight excluding hydrogens is 270 g/mol. The van der Waals surface area contributed by atoms with E-state index in [4.69, 9.17) is 0 Å². The van der Waals surface area contributed by atoms with E-state index in [-0.39, 0.29) is 11.4 Å². The Hall–Kier alpha value is -1.83. The van der Waals surface area contributed by atoms with Gasteiger partial charge in [0.1, 0.15) is 5.69 Å². The van der Waals surface area contributed by atoms with Gasteiger partial charge < -0.3 is 4.72 Å². The van der Waals surface area contributed by atoms with E-state index in [1.807, 2.05) is 0 Å². The number of anilines is 1. The molecule has 0 atom stereocenters. The summed E-state index contributed by atoms with van der Waals surface area (Å²) in [4.78, 5) is 20.3. The number of rotatable bonds is 5. The van der Waals surface area contributed by atoms with E-state index in [0.717, 1.165) is 18.9 Å². The van der Waals surface area contributed by atoms with E-state index in [9.17, 15) is 20.2 Å². The lowest BCUT2D eigenvalue weighted by atomic mass is 10.2. The summed E-state index contributed by atoms with van der Waals surface area (Å²) >= 11 is 1.46. The Balaban J connectivity index is 2.14. The van der Waals surface area contributed by atoms with Gasteiger partial charge in [0, 0.05) is 11.3 Å². The van der Waals surface area contributed by atoms with Crippen molar-refractivity contribution >= 4 is 29.0 Å². The zero-order valence-corrected chi connectivity index (χ0v) is 10.9. The van der Waals surface area contributed by atoms with Crippen LogP contribution in [-0.2, 0) is 0 Å². The van der Waals surface area contributed by atoms with Crippen LogP contribution in [0.15, 0.2) is 18.2 Å². The lowest BCUT2D eigenvalue weighted by Crippen LogP contribution is -2.02. The molecule has 1 aromatic rings. The van der Waals surface area contributed by atoms with Gasteiger partial charge in [-0.15, -0.1) is 0 Å². The smallest absolute Gasteiger partial charge is 0.300 e. The fourth-order valence-corrected chi connectivity index (χ4v) is 3.06. The zero-order valence-electron chi connectivity index (χ0n) is 10.1. The van der Waals surface area contributed by atoms with Crippen molar-refractivity contribution in [3.8, 4) is 0 Å². The zero-order chi connectivity index (χ0) is 13.8. The first-order chi connectivity index (χ1) is 9.08. The van der Waals surface area contributed by atoms with Gasteiger partial charge in [-0.25, -0.2) is 0 Å². The van der Waals surface area contributed by atoms with Crippen molar-refractivity contribution in [2.45, 2.75) is 30.9 Å². The summed E-state index contributed by atoms with van der Waals surface area (Å²) in [7, 11) is 0. The van der Waals surface area contributed by atoms with Crippen LogP contribution in [0.3, 0.4) is 0 Å². The Morgan fingerprint density at radius 3 is 2.42 bits per heavy atom. The van der Waals surface area contributed by atoms with Crippen LogP contribution in [0.4, 0.5) is 17.1 Å². The summed E-state index contributed by atoms with van der Waals surface area (Å²) in [6.45, 7) is 0. The summed E-state index contributed by atoms with van der Waals surface area (Å²) in [6, 6.07) is 3.64. The molecule has 102 valence electrons. The van der Waals surface area contributed by atoms with Gasteiger partial charge in [0.05, 0.1) is 15.9 Å². The fraction of sp³-hybridized carbons (Fsp3) is 0.455. The lowest BCUT2D eigenvalue weighted by molar-refractivity contribution is -0.393. The number of non-ortho nitro benzene ring substituents is 1. The van der Waals surface area contributed by atoms with E-state index < -0.39 is 9.85 Å². The van der Waals surface area contributed by atoms with Crippen molar-refractivity contribution in [3.05, 3.63) is 38.4 Å². The molecule has 0 amide bonds. The third-order valence-corrected chi connectivity index (χ3v) is 4.17. The second-order valence-electron chi connectivity index (χ2n) is 4.34. The molecule has 1 aliphatic carbocycles. The maximum absolute atomic E-state index is 10.9. The Morgan fingerprint density at radius 2 is 1.84 bits per heavy atom. The molecule has 7 nitrogen and oxygen atoms in total. The third kappa shape index (κ3) is 3.34. The number of hydrogen-bond acceptors (Lipinski definition) is 6. The molecule has 0 bridgehead atoms. The predicted octanol–water partition coefficient (Wildman–Crippen LogP) is 3.51. The summed E-state index contributed by atoms with van der Waals surface area (Å²) < 4.78 is 2.96. The van der Waals surface area contributed by atoms with Gasteiger partial charge in [0.15, 0.2) is 0 Å². The minimum atomic E-state index is -0.638. The summed E-state index contributed by atoms with van der Waals surface area (Å²) in [5.74, 6) is 0. The van der Waals surface area contributed by atoms with Crippen LogP contribution in [0, 0.1) is 20.2 Å². The minimum absolute atomic E-state index is 0.264. The molecule has 1 aromatic carbocycles. The molecule has 2 rings (SSSR count). The topological polar surface area (TPSA) is 98.3 Å². The molecule has 8 heteroatoms. The van der Waals surface area contributed by atoms with Crippen molar-refractivity contribution < 1.29 is 9.85 Å². The summed E-state index contributed by atoms with van der Waals surface area (Å²) in [5.41, 5.74) is -0.227. The van der Waals surface area contributed by atoms with Gasteiger partial charge >= 0.3 is 0 Å². The third-order valence-electron chi connectivity index (χ3n) is 3.03. The van der Waals surface area contributed by atoms with Gasteiger partial charge in [0.25, 0.3) is 11.4 Å². The van der Waals surface area contributed by atoms with E-state index in [2.05, 4.69) is 4.72 Å². The highest BCUT2D eigenvalue weighted by Gasteiger charge is 2.21. The maximum Gasteiger partial charge on any atom is 0.300 e. The first-order valence-electron chi connectivity index (χ1n) is 5.92. The molecule has 0 spiro atoms. The van der Waals surface area contributed by atoms with E-state index in [0.29, 0.717) is 10.9 Å². The van der Waals surface area contributed by atoms with Crippen LogP contribution in [-0.4, -0.2) is 15.1 Å². The Bertz CT molecular complexity index is 503. The van der Waals surface area contributed by atoms with Crippen molar-refractivity contribution in [2.24, 2.45) is 0 Å². The standard InChI is InChI=1S/C11H13N3O4S/c15-13(16)8-5-6-10(11(7-8)14(17)18)12-19-9-3-1-2-4-9/h5-7,9,12H,1-4H2. The molecular formula is C11H13N3O4S. The number of nitrogens with zero attached hydrogens (tertiary/aromatic N) is 2. The SMILES string of the molecule is O=[N+]([O-])c1ccc(NSC2CCCC2)c([N+](=O)[O-])c1. The lowest BCUT2D eigenvalue weighted by Gasteiger charge is -2.10. The van der Waals surface area contributed by atoms with Gasteiger partial charge in [0.2, 0.25) is 0 Å². The highest BCUT2D eigenvalue weighted by atomic mass is 32.2. The predicted molar refractivity (Wildman–Crippen MR) is 73.2 cm³/mol. The molecule has 19 heavy (non-hydrogen) atoms. The number of hydrogen-bond donors (Lipinski definition) is 1. The molecule has 0 aliphatic heterocycles. The van der Waals surface area contributed by atoms with Gasteiger partial charge in [-0.2, -0.15) is 0 Å². The van der Waals surface area contributed by atoms with Crippen molar-refractivity contribution in [1.29, 1.82) is 0 Å². The largest absolute Gasteiger partial charge is 0.324 e. The molecule has 0 radical (unpaired) electrons. The van der Waals surface area contributed by atoms with Crippen molar-refractivity contribution in [1.82, 2.24) is 0 Å². The Labute approximate surface area is 113 Å². The molecule has 0 heterocycles. The van der Waals surface area contributed by atoms with Crippen LogP contribution in [0.2, 0.25) is 0 Å². The number of nitro benzene ring substituents is 2. The van der Waals surface area contributed by atoms with E-state index in [1.165, 1.54) is 36.9 Å². The first-order valence-corrected chi connectivity index (χ1v) is 6.80. The molecule has 0 saturated heterocycles. The molecule has 1 aliphatic rings. The fourth-order valence-electron chi connectivity index (χ4n) is 2.02. The minimum Gasteiger partial charge on any atom is -0.324 e. The summed E-state index contributed by atoms with van der Waals surface area (Å²) in [5, 5.41) is 22.0. The molecule has 0 aromatic heterocycles. The molecule has 0 unspecified atom stereocenters. The molecule has 1 fully saturated rings. The highest BCUT2D eigenvalue weighted by molar-refractivity contribution is 8.01. The van der Waals surface area contributed by atoms with Crippen LogP contribution >= 0.6 is 11.9 Å². The van der Waals surface area contributed by atoms with Crippen molar-refractivity contribution in [2.75, 3.05) is 4.72 Å². The van der Waals surface area contributed by atoms with Crippen LogP contribution < -0.4 is 4.72 Å². The Kier molecular flexibility index (Phi) is 4.20. The van der Waals surface area contributed by atoms with Crippen LogP contribution in [0.1, 0.15) is 25.7 Å². The van der Waals surface area contributed by atoms with Gasteiger partial charge in [-0.05, 0) is 30.9 Å². The quantitative estimate of drug-likeness (QED) is 0.504. The highest BCUT2D eigenvalue weighted by Crippen LogP contribution is 2.34. The number of nitrogens with one attached hydrogen (secondary N) is 1. The van der Waals surface area contributed by atoms with Gasteiger partial charge in [-0.3, -0.25) is 20.2 Å². The second-order valence-corrected chi connectivity index (χ2v) is 5.45. The number of benzene rings is 1. The molecule has 1 saturated carbocycles. The van der Waals surface area contributed by atoms with E-state index in [1.54, 1.807) is 0 Å². The Morgan fingerprint density at radius 1 is 1.16 bits per heavy atom. The average Bonchev–Trinajstić information content (AvgIpc) is 2.89. The summed E-state index contributed by atoms with van der Waals surface area (Å²) in [6.07, 6.45) is 4.56. The molecule has 1 N–H and O–H groups in total. The van der Waals surface area contributed by atoms with Gasteiger partial charge in [-0.1, -0.05) is 12.8 Å². The van der Waals surface area contributed by atoms with E-state index >= 15 is 0 Å². The van der Waals surface area contributed by atoms with Crippen LogP contribution in [0.5, 0.6) is 0 Å². The normalized spacial score (nSPS) is 15.4. The maximum atomic E-state index is 10.9. The first kappa shape index (κ1) is 13.6. The number of nitro groups is 2. The average molecular weight is 283 g/mol.